The molecule has 0 aromatic heterocycles. The van der Waals surface area contributed by atoms with Gasteiger partial charge in [0.25, 0.3) is 0 Å². The molecule has 0 N–H and O–H groups in total. The van der Waals surface area contributed by atoms with Crippen LogP contribution in [0.25, 0.3) is 5.47 Å². The zero-order valence-electron chi connectivity index (χ0n) is 18.7. The average Bonchev–Trinajstić information content (AvgIpc) is 2.86. The zero-order chi connectivity index (χ0) is 21.1. The van der Waals surface area contributed by atoms with Gasteiger partial charge >= 0.3 is 6.35 Å². The molecule has 0 radical (unpaired) electrons. The van der Waals surface area contributed by atoms with Gasteiger partial charge in [-0.3, -0.25) is 0 Å². The van der Waals surface area contributed by atoms with Crippen molar-refractivity contribution in [2.24, 2.45) is 5.92 Å². The summed E-state index contributed by atoms with van der Waals surface area (Å²) in [6, 6.07) is 33.7. The van der Waals surface area contributed by atoms with Gasteiger partial charge in [-0.1, -0.05) is 121 Å². The van der Waals surface area contributed by atoms with Crippen molar-refractivity contribution in [1.29, 1.82) is 0 Å². The number of rotatable bonds is 4. The first-order chi connectivity index (χ1) is 15.3. The first-order valence-electron chi connectivity index (χ1n) is 12.0. The van der Waals surface area contributed by atoms with Crippen molar-refractivity contribution >= 4 is 22.7 Å². The number of hydrogen-bond donors (Lipinski definition) is 0. The summed E-state index contributed by atoms with van der Waals surface area (Å²) in [5.74, 6) is 0.715. The summed E-state index contributed by atoms with van der Waals surface area (Å²) >= 11 is 0. The van der Waals surface area contributed by atoms with Gasteiger partial charge < -0.3 is 4.28 Å². The second-order valence-electron chi connectivity index (χ2n) is 9.39. The summed E-state index contributed by atoms with van der Waals surface area (Å²) < 4.78 is 3.70. The maximum absolute atomic E-state index is 3.70. The maximum Gasteiger partial charge on any atom is 0.377 e. The van der Waals surface area contributed by atoms with Gasteiger partial charge in [0.1, 0.15) is 6.61 Å². The van der Waals surface area contributed by atoms with E-state index in [1.807, 2.05) is 0 Å². The van der Waals surface area contributed by atoms with Crippen LogP contribution in [0, 0.1) is 5.92 Å². The fourth-order valence-corrected chi connectivity index (χ4v) is 6.40. The Bertz CT molecular complexity index is 981. The molecule has 3 aromatic carbocycles. The topological polar surface area (TPSA) is 2.70 Å². The van der Waals surface area contributed by atoms with E-state index in [4.69, 9.17) is 0 Å². The lowest BCUT2D eigenvalue weighted by Gasteiger charge is -2.53. The lowest BCUT2D eigenvalue weighted by Crippen LogP contribution is -2.68. The van der Waals surface area contributed by atoms with Crippen molar-refractivity contribution in [3.63, 3.8) is 0 Å². The molecule has 2 heteroatoms. The first kappa shape index (κ1) is 20.3. The predicted octanol–water partition coefficient (Wildman–Crippen LogP) is 5.91. The monoisotopic (exact) mass is 408 g/mol. The number of hydrogen-bond acceptors (Lipinski definition) is 0. The fourth-order valence-electron chi connectivity index (χ4n) is 6.40. The van der Waals surface area contributed by atoms with Crippen molar-refractivity contribution < 1.29 is 4.28 Å². The van der Waals surface area contributed by atoms with Crippen LogP contribution in [0.2, 0.25) is 0 Å². The Hall–Kier alpha value is -2.58. The number of benzene rings is 3. The molecule has 1 saturated carbocycles. The van der Waals surface area contributed by atoms with Crippen LogP contribution >= 0.6 is 0 Å². The van der Waals surface area contributed by atoms with Crippen molar-refractivity contribution in [2.45, 2.75) is 38.5 Å². The van der Waals surface area contributed by atoms with E-state index in [-0.39, 0.29) is 0 Å². The Morgan fingerprint density at radius 1 is 0.677 bits per heavy atom. The minimum atomic E-state index is -1.29. The molecule has 3 aromatic rings. The van der Waals surface area contributed by atoms with Gasteiger partial charge in [-0.25, -0.2) is 0 Å². The smallest absolute Gasteiger partial charge is 0.377 e. The summed E-state index contributed by atoms with van der Waals surface area (Å²) in [5, 5.41) is 0. The van der Waals surface area contributed by atoms with Crippen molar-refractivity contribution in [1.82, 2.24) is 0 Å². The molecule has 31 heavy (non-hydrogen) atoms. The van der Waals surface area contributed by atoms with E-state index >= 15 is 0 Å². The van der Waals surface area contributed by atoms with Crippen molar-refractivity contribution in [3.05, 3.63) is 102 Å². The van der Waals surface area contributed by atoms with Crippen LogP contribution in [-0.4, -0.2) is 20.1 Å². The van der Waals surface area contributed by atoms with E-state index in [0.29, 0.717) is 5.92 Å². The first-order valence-corrected chi connectivity index (χ1v) is 12.0. The molecule has 1 aliphatic heterocycles. The Kier molecular flexibility index (Phi) is 5.83. The molecule has 0 amide bonds. The van der Waals surface area contributed by atoms with E-state index in [2.05, 4.69) is 102 Å². The van der Waals surface area contributed by atoms with Gasteiger partial charge in [-0.05, 0) is 18.8 Å². The van der Waals surface area contributed by atoms with Gasteiger partial charge in [0.05, 0.1) is 7.11 Å². The summed E-state index contributed by atoms with van der Waals surface area (Å²) in [6.45, 7) is 1.03. The van der Waals surface area contributed by atoms with E-state index in [1.165, 1.54) is 48.6 Å². The van der Waals surface area contributed by atoms with Crippen LogP contribution in [0.3, 0.4) is 0 Å². The third kappa shape index (κ3) is 3.57. The van der Waals surface area contributed by atoms with Crippen LogP contribution in [0.1, 0.15) is 44.1 Å². The Morgan fingerprint density at radius 2 is 1.19 bits per heavy atom. The maximum atomic E-state index is 3.70. The van der Waals surface area contributed by atoms with E-state index in [1.54, 1.807) is 11.0 Å². The predicted molar refractivity (Wildman–Crippen MR) is 134 cm³/mol. The molecule has 5 rings (SSSR count). The van der Waals surface area contributed by atoms with Crippen molar-refractivity contribution in [2.75, 3.05) is 13.7 Å². The molecular formula is C29H33BO. The normalized spacial score (nSPS) is 20.0. The Labute approximate surface area is 187 Å². The molecule has 2 aliphatic rings. The second kappa shape index (κ2) is 8.89. The molecule has 1 heterocycles. The SMILES string of the molecule is C[O+]1CCC(C2CCCCC2)=C(c2ccccc2)[B-]1(c1ccccc1)c1ccccc1. The molecule has 1 aliphatic carbocycles. The zero-order valence-corrected chi connectivity index (χ0v) is 18.7. The standard InChI is InChI=1S/C29H33BO/c1-31-23-22-28(24-14-6-2-7-15-24)29(25-16-8-3-9-17-25)30(31,26-18-10-4-11-19-26)27-20-12-5-13-21-27/h3-5,8-13,16-21,24H,2,6-7,14-15,22-23H2,1H3. The highest BCUT2D eigenvalue weighted by Gasteiger charge is 2.49. The quantitative estimate of drug-likeness (QED) is 0.373. The summed E-state index contributed by atoms with van der Waals surface area (Å²) in [4.78, 5) is 0. The summed E-state index contributed by atoms with van der Waals surface area (Å²) in [5.41, 5.74) is 7.45. The molecule has 0 unspecified atom stereocenters. The third-order valence-electron chi connectivity index (χ3n) is 7.77. The van der Waals surface area contributed by atoms with Crippen LogP contribution in [0.15, 0.2) is 96.6 Å². The third-order valence-corrected chi connectivity index (χ3v) is 7.77. The van der Waals surface area contributed by atoms with Gasteiger partial charge in [0.2, 0.25) is 0 Å². The highest BCUT2D eigenvalue weighted by Crippen LogP contribution is 2.44. The minimum Gasteiger partial charge on any atom is -0.662 e. The molecule has 0 spiro atoms. The van der Waals surface area contributed by atoms with Crippen LogP contribution in [-0.2, 0) is 4.28 Å². The van der Waals surface area contributed by atoms with Crippen molar-refractivity contribution in [3.8, 4) is 0 Å². The fraction of sp³-hybridized carbons (Fsp3) is 0.310. The van der Waals surface area contributed by atoms with Crippen LogP contribution in [0.4, 0.5) is 0 Å². The molecule has 1 fully saturated rings. The van der Waals surface area contributed by atoms with Gasteiger partial charge in [0, 0.05) is 6.42 Å². The highest BCUT2D eigenvalue weighted by molar-refractivity contribution is 7.11. The van der Waals surface area contributed by atoms with E-state index < -0.39 is 6.35 Å². The van der Waals surface area contributed by atoms with Gasteiger partial charge in [-0.2, -0.15) is 0 Å². The van der Waals surface area contributed by atoms with Gasteiger partial charge in [0.15, 0.2) is 0 Å². The summed E-state index contributed by atoms with van der Waals surface area (Å²) in [6.07, 6.45) is 6.69. The minimum absolute atomic E-state index is 0.715. The molecule has 0 atom stereocenters. The average molecular weight is 408 g/mol. The molecular weight excluding hydrogens is 375 g/mol. The highest BCUT2D eigenvalue weighted by atomic mass is 16.6. The van der Waals surface area contributed by atoms with E-state index in [0.717, 1.165) is 13.0 Å². The lowest BCUT2D eigenvalue weighted by atomic mass is 9.25. The molecule has 158 valence electrons. The van der Waals surface area contributed by atoms with Gasteiger partial charge in [-0.15, -0.1) is 16.4 Å². The van der Waals surface area contributed by atoms with Crippen LogP contribution < -0.4 is 10.9 Å². The second-order valence-corrected chi connectivity index (χ2v) is 9.39. The molecule has 0 bridgehead atoms. The molecule has 0 saturated heterocycles. The lowest BCUT2D eigenvalue weighted by molar-refractivity contribution is 0.0525. The van der Waals surface area contributed by atoms with E-state index in [9.17, 15) is 0 Å². The Morgan fingerprint density at radius 3 is 1.74 bits per heavy atom. The van der Waals surface area contributed by atoms with Crippen LogP contribution in [0.5, 0.6) is 0 Å². The Balaban J connectivity index is 1.85. The summed E-state index contributed by atoms with van der Waals surface area (Å²) in [7, 11) is 2.26. The molecule has 1 nitrogen and oxygen atoms in total. The largest absolute Gasteiger partial charge is 0.662 e.